The molecule has 0 saturated heterocycles. The van der Waals surface area contributed by atoms with Crippen LogP contribution in [-0.2, 0) is 0 Å². The fourth-order valence-electron chi connectivity index (χ4n) is 1.78. The number of rotatable bonds is 5. The van der Waals surface area contributed by atoms with Gasteiger partial charge in [-0.1, -0.05) is 12.1 Å². The van der Waals surface area contributed by atoms with E-state index in [-0.39, 0.29) is 11.6 Å². The van der Waals surface area contributed by atoms with E-state index in [9.17, 15) is 14.9 Å². The van der Waals surface area contributed by atoms with Gasteiger partial charge in [0.15, 0.2) is 0 Å². The van der Waals surface area contributed by atoms with E-state index in [0.29, 0.717) is 16.8 Å². The lowest BCUT2D eigenvalue weighted by molar-refractivity contribution is -0.385. The Labute approximate surface area is 132 Å². The second-order valence-electron chi connectivity index (χ2n) is 4.52. The first-order valence-electron chi connectivity index (χ1n) is 6.67. The molecule has 23 heavy (non-hydrogen) atoms. The number of allylic oxidation sites excluding steroid dienone is 1. The Balaban J connectivity index is 1.95. The number of anilines is 1. The van der Waals surface area contributed by atoms with Crippen molar-refractivity contribution in [3.8, 4) is 0 Å². The average Bonchev–Trinajstić information content (AvgIpc) is 2.55. The van der Waals surface area contributed by atoms with Gasteiger partial charge < -0.3 is 5.73 Å². The molecule has 2 rings (SSSR count). The molecule has 0 saturated carbocycles. The third-order valence-corrected chi connectivity index (χ3v) is 2.91. The number of benzene rings is 2. The van der Waals surface area contributed by atoms with Gasteiger partial charge in [0.2, 0.25) is 0 Å². The quantitative estimate of drug-likeness (QED) is 0.382. The number of para-hydroxylation sites is 1. The first kappa shape index (κ1) is 15.9. The minimum absolute atomic E-state index is 0.00283. The minimum atomic E-state index is -0.459. The molecule has 0 atom stereocenters. The van der Waals surface area contributed by atoms with Gasteiger partial charge in [0.25, 0.3) is 11.6 Å². The normalized spacial score (nSPS) is 11.0. The predicted molar refractivity (Wildman–Crippen MR) is 88.9 cm³/mol. The number of hydrogen-bond acceptors (Lipinski definition) is 5. The van der Waals surface area contributed by atoms with Crippen molar-refractivity contribution in [1.29, 1.82) is 0 Å². The van der Waals surface area contributed by atoms with E-state index in [2.05, 4.69) is 10.5 Å². The summed E-state index contributed by atoms with van der Waals surface area (Å²) in [7, 11) is 0. The summed E-state index contributed by atoms with van der Waals surface area (Å²) in [6.45, 7) is 0. The Morgan fingerprint density at radius 2 is 1.87 bits per heavy atom. The number of nitrogens with one attached hydrogen (secondary N) is 1. The number of hydrogen-bond donors (Lipinski definition) is 2. The van der Waals surface area contributed by atoms with Crippen LogP contribution in [0.4, 0.5) is 11.4 Å². The molecular weight excluding hydrogens is 296 g/mol. The number of carbonyl (C=O) groups is 1. The van der Waals surface area contributed by atoms with E-state index in [4.69, 9.17) is 5.73 Å². The topological polar surface area (TPSA) is 111 Å². The molecule has 0 bridgehead atoms. The van der Waals surface area contributed by atoms with E-state index in [1.165, 1.54) is 24.4 Å². The van der Waals surface area contributed by atoms with Gasteiger partial charge in [0.05, 0.1) is 10.5 Å². The molecule has 0 fully saturated rings. The lowest BCUT2D eigenvalue weighted by atomic mass is 10.1. The standard InChI is InChI=1S/C16H14N4O3/c17-14-9-7-13(8-10-14)16(21)19-18-11-3-5-12-4-1-2-6-15(12)20(22)23/h1-11H,17H2,(H,19,21). The van der Waals surface area contributed by atoms with E-state index < -0.39 is 4.92 Å². The van der Waals surface area contributed by atoms with Crippen LogP contribution in [0.15, 0.2) is 59.7 Å². The summed E-state index contributed by atoms with van der Waals surface area (Å²) in [5.74, 6) is -0.375. The van der Waals surface area contributed by atoms with Crippen LogP contribution in [0, 0.1) is 10.1 Å². The zero-order valence-electron chi connectivity index (χ0n) is 12.0. The van der Waals surface area contributed by atoms with Crippen LogP contribution in [0.3, 0.4) is 0 Å². The Bertz CT molecular complexity index is 767. The molecule has 7 nitrogen and oxygen atoms in total. The summed E-state index contributed by atoms with van der Waals surface area (Å²) >= 11 is 0. The number of nitrogens with two attached hydrogens (primary N) is 1. The van der Waals surface area contributed by atoms with E-state index in [1.54, 1.807) is 42.5 Å². The maximum absolute atomic E-state index is 11.8. The molecule has 7 heteroatoms. The molecule has 0 heterocycles. The highest BCUT2D eigenvalue weighted by Crippen LogP contribution is 2.18. The van der Waals surface area contributed by atoms with Crippen molar-refractivity contribution in [2.24, 2.45) is 5.10 Å². The first-order chi connectivity index (χ1) is 11.1. The highest BCUT2D eigenvalue weighted by molar-refractivity contribution is 5.95. The SMILES string of the molecule is Nc1ccc(C(=O)NN=CC=Cc2ccccc2[N+](=O)[O-])cc1. The Hall–Kier alpha value is -3.48. The molecule has 0 spiro atoms. The van der Waals surface area contributed by atoms with Gasteiger partial charge in [-0.25, -0.2) is 5.43 Å². The molecule has 2 aromatic carbocycles. The van der Waals surface area contributed by atoms with Crippen molar-refractivity contribution >= 4 is 29.6 Å². The summed E-state index contributed by atoms with van der Waals surface area (Å²) in [4.78, 5) is 22.1. The van der Waals surface area contributed by atoms with Crippen molar-refractivity contribution in [2.75, 3.05) is 5.73 Å². The summed E-state index contributed by atoms with van der Waals surface area (Å²) in [5.41, 5.74) is 9.34. The average molecular weight is 310 g/mol. The van der Waals surface area contributed by atoms with Crippen molar-refractivity contribution in [2.45, 2.75) is 0 Å². The number of carbonyl (C=O) groups excluding carboxylic acids is 1. The molecule has 3 N–H and O–H groups in total. The van der Waals surface area contributed by atoms with Crippen LogP contribution < -0.4 is 11.2 Å². The highest BCUT2D eigenvalue weighted by atomic mass is 16.6. The van der Waals surface area contributed by atoms with E-state index in [1.807, 2.05) is 0 Å². The van der Waals surface area contributed by atoms with Gasteiger partial charge in [0.1, 0.15) is 0 Å². The summed E-state index contributed by atoms with van der Waals surface area (Å²) < 4.78 is 0. The van der Waals surface area contributed by atoms with Crippen LogP contribution >= 0.6 is 0 Å². The minimum Gasteiger partial charge on any atom is -0.399 e. The summed E-state index contributed by atoms with van der Waals surface area (Å²) in [6.07, 6.45) is 4.38. The van der Waals surface area contributed by atoms with Gasteiger partial charge in [-0.2, -0.15) is 5.10 Å². The van der Waals surface area contributed by atoms with Crippen molar-refractivity contribution in [1.82, 2.24) is 5.43 Å². The lowest BCUT2D eigenvalue weighted by Gasteiger charge is -1.99. The molecule has 116 valence electrons. The van der Waals surface area contributed by atoms with Crippen LogP contribution in [0.2, 0.25) is 0 Å². The van der Waals surface area contributed by atoms with Gasteiger partial charge in [-0.15, -0.1) is 0 Å². The van der Waals surface area contributed by atoms with E-state index >= 15 is 0 Å². The Morgan fingerprint density at radius 3 is 2.57 bits per heavy atom. The first-order valence-corrected chi connectivity index (χ1v) is 6.67. The smallest absolute Gasteiger partial charge is 0.276 e. The van der Waals surface area contributed by atoms with Crippen LogP contribution in [0.1, 0.15) is 15.9 Å². The predicted octanol–water partition coefficient (Wildman–Crippen LogP) is 2.61. The molecule has 0 aliphatic heterocycles. The Kier molecular flexibility index (Phi) is 5.19. The molecule has 0 aliphatic rings. The number of hydrazone groups is 1. The monoisotopic (exact) mass is 310 g/mol. The summed E-state index contributed by atoms with van der Waals surface area (Å²) in [5, 5.41) is 14.6. The zero-order chi connectivity index (χ0) is 16.7. The number of nitrogen functional groups attached to an aromatic ring is 1. The second-order valence-corrected chi connectivity index (χ2v) is 4.52. The van der Waals surface area contributed by atoms with Crippen molar-refractivity contribution in [3.05, 3.63) is 75.8 Å². The fourth-order valence-corrected chi connectivity index (χ4v) is 1.78. The molecule has 0 radical (unpaired) electrons. The van der Waals surface area contributed by atoms with Crippen molar-refractivity contribution in [3.63, 3.8) is 0 Å². The Morgan fingerprint density at radius 1 is 1.17 bits per heavy atom. The van der Waals surface area contributed by atoms with Crippen LogP contribution in [0.25, 0.3) is 6.08 Å². The third kappa shape index (κ3) is 4.50. The number of nitrogens with zero attached hydrogens (tertiary/aromatic N) is 2. The van der Waals surface area contributed by atoms with Gasteiger partial charge >= 0.3 is 0 Å². The van der Waals surface area contributed by atoms with Crippen molar-refractivity contribution < 1.29 is 9.72 Å². The molecule has 0 unspecified atom stereocenters. The molecule has 0 aliphatic carbocycles. The zero-order valence-corrected chi connectivity index (χ0v) is 12.0. The molecule has 0 aromatic heterocycles. The maximum Gasteiger partial charge on any atom is 0.276 e. The second kappa shape index (κ2) is 7.51. The van der Waals surface area contributed by atoms with Gasteiger partial charge in [0, 0.05) is 23.5 Å². The number of amides is 1. The molecular formula is C16H14N4O3. The number of nitro groups is 1. The lowest BCUT2D eigenvalue weighted by Crippen LogP contribution is -2.17. The molecule has 2 aromatic rings. The number of nitro benzene ring substituents is 1. The van der Waals surface area contributed by atoms with Gasteiger partial charge in [-0.3, -0.25) is 14.9 Å². The summed E-state index contributed by atoms with van der Waals surface area (Å²) in [6, 6.07) is 12.7. The van der Waals surface area contributed by atoms with Crippen LogP contribution in [-0.4, -0.2) is 17.0 Å². The maximum atomic E-state index is 11.8. The van der Waals surface area contributed by atoms with E-state index in [0.717, 1.165) is 0 Å². The van der Waals surface area contributed by atoms with Gasteiger partial charge in [-0.05, 0) is 42.5 Å². The fraction of sp³-hybridized carbons (Fsp3) is 0. The van der Waals surface area contributed by atoms with Crippen LogP contribution in [0.5, 0.6) is 0 Å². The highest BCUT2D eigenvalue weighted by Gasteiger charge is 2.08. The molecule has 1 amide bonds. The largest absolute Gasteiger partial charge is 0.399 e. The third-order valence-electron chi connectivity index (χ3n) is 2.91.